The molecule has 0 aliphatic rings. The summed E-state index contributed by atoms with van der Waals surface area (Å²) in [7, 11) is 0. The van der Waals surface area contributed by atoms with Crippen LogP contribution >= 0.6 is 23.2 Å². The Bertz CT molecular complexity index is 462. The zero-order valence-corrected chi connectivity index (χ0v) is 9.33. The fourth-order valence-corrected chi connectivity index (χ4v) is 1.58. The largest absolute Gasteiger partial charge is 0.399 e. The van der Waals surface area contributed by atoms with Crippen LogP contribution in [0.4, 0.5) is 5.69 Å². The third-order valence-corrected chi connectivity index (χ3v) is 2.83. The molecule has 0 saturated heterocycles. The molecule has 1 aromatic heterocycles. The SMILES string of the molecule is Nc1ccc(Cn2cnc(Cl)c2Cl)cc1. The Hall–Kier alpha value is -1.19. The van der Waals surface area contributed by atoms with Gasteiger partial charge in [-0.05, 0) is 17.7 Å². The van der Waals surface area contributed by atoms with Gasteiger partial charge >= 0.3 is 0 Å². The van der Waals surface area contributed by atoms with Crippen molar-refractivity contribution in [1.82, 2.24) is 9.55 Å². The number of imidazole rings is 1. The van der Waals surface area contributed by atoms with Crippen LogP contribution in [0.25, 0.3) is 0 Å². The van der Waals surface area contributed by atoms with Crippen molar-refractivity contribution in [2.45, 2.75) is 6.54 Å². The van der Waals surface area contributed by atoms with Gasteiger partial charge in [-0.25, -0.2) is 4.98 Å². The number of hydrogen-bond acceptors (Lipinski definition) is 2. The number of aromatic nitrogens is 2. The molecule has 1 heterocycles. The molecule has 0 fully saturated rings. The lowest BCUT2D eigenvalue weighted by Gasteiger charge is -2.04. The van der Waals surface area contributed by atoms with E-state index in [1.165, 1.54) is 0 Å². The van der Waals surface area contributed by atoms with Gasteiger partial charge in [-0.2, -0.15) is 0 Å². The number of nitrogens with zero attached hydrogens (tertiary/aromatic N) is 2. The highest BCUT2D eigenvalue weighted by Gasteiger charge is 2.05. The Labute approximate surface area is 97.4 Å². The van der Waals surface area contributed by atoms with Gasteiger partial charge in [0.25, 0.3) is 0 Å². The lowest BCUT2D eigenvalue weighted by molar-refractivity contribution is 0.798. The monoisotopic (exact) mass is 241 g/mol. The van der Waals surface area contributed by atoms with Crippen LogP contribution in [0.1, 0.15) is 5.56 Å². The van der Waals surface area contributed by atoms with E-state index < -0.39 is 0 Å². The summed E-state index contributed by atoms with van der Waals surface area (Å²) < 4.78 is 1.77. The zero-order valence-electron chi connectivity index (χ0n) is 7.82. The highest BCUT2D eigenvalue weighted by molar-refractivity contribution is 6.40. The highest BCUT2D eigenvalue weighted by atomic mass is 35.5. The summed E-state index contributed by atoms with van der Waals surface area (Å²) in [6, 6.07) is 7.59. The average Bonchev–Trinajstić information content (AvgIpc) is 2.53. The van der Waals surface area contributed by atoms with Gasteiger partial charge in [0.05, 0.1) is 6.33 Å². The van der Waals surface area contributed by atoms with Gasteiger partial charge in [0.2, 0.25) is 0 Å². The minimum Gasteiger partial charge on any atom is -0.399 e. The molecule has 0 amide bonds. The third-order valence-electron chi connectivity index (χ3n) is 2.07. The molecule has 0 unspecified atom stereocenters. The maximum atomic E-state index is 5.93. The van der Waals surface area contributed by atoms with Crippen molar-refractivity contribution in [1.29, 1.82) is 0 Å². The van der Waals surface area contributed by atoms with Crippen LogP contribution in [0, 0.1) is 0 Å². The van der Waals surface area contributed by atoms with Crippen molar-refractivity contribution in [3.8, 4) is 0 Å². The molecule has 2 rings (SSSR count). The van der Waals surface area contributed by atoms with Crippen LogP contribution in [0.2, 0.25) is 10.3 Å². The molecule has 3 nitrogen and oxygen atoms in total. The fraction of sp³-hybridized carbons (Fsp3) is 0.100. The number of hydrogen-bond donors (Lipinski definition) is 1. The van der Waals surface area contributed by atoms with E-state index in [4.69, 9.17) is 28.9 Å². The summed E-state index contributed by atoms with van der Waals surface area (Å²) in [5.74, 6) is 0. The van der Waals surface area contributed by atoms with E-state index in [0.717, 1.165) is 11.3 Å². The minimum absolute atomic E-state index is 0.326. The molecule has 0 saturated carbocycles. The molecule has 2 aromatic rings. The predicted molar refractivity (Wildman–Crippen MR) is 62.2 cm³/mol. The van der Waals surface area contributed by atoms with Gasteiger partial charge in [0, 0.05) is 12.2 Å². The number of benzene rings is 1. The Morgan fingerprint density at radius 2 is 1.87 bits per heavy atom. The number of nitrogen functional groups attached to an aromatic ring is 1. The van der Waals surface area contributed by atoms with E-state index in [2.05, 4.69) is 4.98 Å². The zero-order chi connectivity index (χ0) is 10.8. The summed E-state index contributed by atoms with van der Waals surface area (Å²) in [5, 5.41) is 0.778. The van der Waals surface area contributed by atoms with Crippen LogP contribution in [-0.4, -0.2) is 9.55 Å². The Morgan fingerprint density at radius 3 is 2.40 bits per heavy atom. The second-order valence-electron chi connectivity index (χ2n) is 3.20. The standard InChI is InChI=1S/C10H9Cl2N3/c11-9-10(12)15(6-14-9)5-7-1-3-8(13)4-2-7/h1-4,6H,5,13H2. The highest BCUT2D eigenvalue weighted by Crippen LogP contribution is 2.20. The quantitative estimate of drug-likeness (QED) is 0.823. The van der Waals surface area contributed by atoms with E-state index in [0.29, 0.717) is 16.9 Å². The lowest BCUT2D eigenvalue weighted by Crippen LogP contribution is -1.98. The van der Waals surface area contributed by atoms with Gasteiger partial charge in [-0.15, -0.1) is 0 Å². The van der Waals surface area contributed by atoms with Gasteiger partial charge in [-0.1, -0.05) is 35.3 Å². The molecule has 5 heteroatoms. The van der Waals surface area contributed by atoms with Crippen LogP contribution in [0.3, 0.4) is 0 Å². The van der Waals surface area contributed by atoms with E-state index in [1.54, 1.807) is 10.9 Å². The molecule has 2 N–H and O–H groups in total. The van der Waals surface area contributed by atoms with Crippen molar-refractivity contribution in [2.75, 3.05) is 5.73 Å². The van der Waals surface area contributed by atoms with Crippen molar-refractivity contribution < 1.29 is 0 Å². The number of nitrogens with two attached hydrogens (primary N) is 1. The maximum absolute atomic E-state index is 5.93. The van der Waals surface area contributed by atoms with E-state index in [9.17, 15) is 0 Å². The molecule has 78 valence electrons. The third kappa shape index (κ3) is 2.25. The van der Waals surface area contributed by atoms with Gasteiger partial charge in [-0.3, -0.25) is 0 Å². The molecule has 0 spiro atoms. The first-order chi connectivity index (χ1) is 7.16. The second kappa shape index (κ2) is 4.13. The predicted octanol–water partition coefficient (Wildman–Crippen LogP) is 2.82. The normalized spacial score (nSPS) is 10.5. The second-order valence-corrected chi connectivity index (χ2v) is 3.91. The summed E-state index contributed by atoms with van der Waals surface area (Å²) in [6.45, 7) is 0.638. The minimum atomic E-state index is 0.326. The van der Waals surface area contributed by atoms with E-state index >= 15 is 0 Å². The van der Waals surface area contributed by atoms with E-state index in [1.807, 2.05) is 24.3 Å². The van der Waals surface area contributed by atoms with E-state index in [-0.39, 0.29) is 0 Å². The number of halogens is 2. The molecular formula is C10H9Cl2N3. The molecule has 15 heavy (non-hydrogen) atoms. The Morgan fingerprint density at radius 1 is 1.20 bits per heavy atom. The first-order valence-corrected chi connectivity index (χ1v) is 5.13. The summed E-state index contributed by atoms with van der Waals surface area (Å²) >= 11 is 11.7. The van der Waals surface area contributed by atoms with Gasteiger partial charge in [0.15, 0.2) is 5.15 Å². The first-order valence-electron chi connectivity index (χ1n) is 4.37. The lowest BCUT2D eigenvalue weighted by atomic mass is 10.2. The number of rotatable bonds is 2. The van der Waals surface area contributed by atoms with Crippen molar-refractivity contribution in [3.63, 3.8) is 0 Å². The molecule has 1 aromatic carbocycles. The van der Waals surface area contributed by atoms with Crippen LogP contribution in [0.15, 0.2) is 30.6 Å². The van der Waals surface area contributed by atoms with Crippen LogP contribution < -0.4 is 5.73 Å². The van der Waals surface area contributed by atoms with Crippen molar-refractivity contribution >= 4 is 28.9 Å². The molecule has 0 aliphatic heterocycles. The summed E-state index contributed by atoms with van der Waals surface area (Å²) in [4.78, 5) is 3.90. The Kier molecular flexibility index (Phi) is 2.84. The Balaban J connectivity index is 2.22. The number of anilines is 1. The fourth-order valence-electron chi connectivity index (χ4n) is 1.27. The maximum Gasteiger partial charge on any atom is 0.166 e. The molecule has 0 bridgehead atoms. The molecular weight excluding hydrogens is 233 g/mol. The van der Waals surface area contributed by atoms with Gasteiger partial charge in [0.1, 0.15) is 5.15 Å². The summed E-state index contributed by atoms with van der Waals surface area (Å²) in [5.41, 5.74) is 7.43. The molecule has 0 aliphatic carbocycles. The smallest absolute Gasteiger partial charge is 0.166 e. The molecule has 0 atom stereocenters. The van der Waals surface area contributed by atoms with Crippen molar-refractivity contribution in [2.24, 2.45) is 0 Å². The molecule has 0 radical (unpaired) electrons. The van der Waals surface area contributed by atoms with Crippen LogP contribution in [0.5, 0.6) is 0 Å². The summed E-state index contributed by atoms with van der Waals surface area (Å²) in [6.07, 6.45) is 1.61. The van der Waals surface area contributed by atoms with Gasteiger partial charge < -0.3 is 10.3 Å². The first kappa shape index (κ1) is 10.3. The topological polar surface area (TPSA) is 43.8 Å². The average molecular weight is 242 g/mol. The van der Waals surface area contributed by atoms with Crippen LogP contribution in [-0.2, 0) is 6.54 Å². The van der Waals surface area contributed by atoms with Crippen molar-refractivity contribution in [3.05, 3.63) is 46.5 Å².